The highest BCUT2D eigenvalue weighted by Gasteiger charge is 2.21. The van der Waals surface area contributed by atoms with Crippen molar-refractivity contribution in [2.45, 2.75) is 26.4 Å². The molecule has 2 aromatic carbocycles. The first-order chi connectivity index (χ1) is 11.8. The van der Waals surface area contributed by atoms with Crippen LogP contribution < -0.4 is 0 Å². The van der Waals surface area contributed by atoms with Gasteiger partial charge in [0, 0.05) is 15.4 Å². The molecule has 0 atom stereocenters. The number of carbonyl (C=O) groups excluding carboxylic acids is 1. The van der Waals surface area contributed by atoms with Gasteiger partial charge >= 0.3 is 6.09 Å². The second-order valence-electron chi connectivity index (χ2n) is 6.52. The summed E-state index contributed by atoms with van der Waals surface area (Å²) in [7, 11) is 0. The van der Waals surface area contributed by atoms with Gasteiger partial charge in [-0.3, -0.25) is 0 Å². The molecular weight excluding hydrogens is 380 g/mol. The fourth-order valence-electron chi connectivity index (χ4n) is 2.28. The second-order valence-corrected chi connectivity index (χ2v) is 7.43. The Morgan fingerprint density at radius 2 is 1.84 bits per heavy atom. The lowest BCUT2D eigenvalue weighted by molar-refractivity contribution is 0.0522. The van der Waals surface area contributed by atoms with Crippen LogP contribution in [0.3, 0.4) is 0 Å². The molecule has 5 heteroatoms. The van der Waals surface area contributed by atoms with Crippen molar-refractivity contribution >= 4 is 32.9 Å². The van der Waals surface area contributed by atoms with E-state index in [4.69, 9.17) is 4.74 Å². The smallest absolute Gasteiger partial charge is 0.435 e. The number of fused-ring (bicyclic) bond motifs is 1. The Morgan fingerprint density at radius 1 is 1.12 bits per heavy atom. The van der Waals surface area contributed by atoms with Crippen LogP contribution in [-0.4, -0.2) is 21.5 Å². The van der Waals surface area contributed by atoms with E-state index in [9.17, 15) is 4.79 Å². The van der Waals surface area contributed by atoms with E-state index in [1.54, 1.807) is 0 Å². The van der Waals surface area contributed by atoms with E-state index in [0.29, 0.717) is 11.2 Å². The number of hydrogen-bond acceptors (Lipinski definition) is 3. The second kappa shape index (κ2) is 6.73. The summed E-state index contributed by atoms with van der Waals surface area (Å²) in [6.07, 6.45) is -0.521. The van der Waals surface area contributed by atoms with Crippen molar-refractivity contribution < 1.29 is 9.53 Å². The average Bonchev–Trinajstić information content (AvgIpc) is 2.90. The molecule has 0 aliphatic rings. The molecular formula is C20H17BrN2O2. The van der Waals surface area contributed by atoms with Crippen molar-refractivity contribution in [3.8, 4) is 11.8 Å². The zero-order chi connectivity index (χ0) is 18.0. The van der Waals surface area contributed by atoms with Crippen LogP contribution >= 0.6 is 15.9 Å². The number of halogens is 1. The van der Waals surface area contributed by atoms with Gasteiger partial charge in [-0.25, -0.2) is 4.79 Å². The van der Waals surface area contributed by atoms with Gasteiger partial charge in [0.1, 0.15) is 11.3 Å². The van der Waals surface area contributed by atoms with Crippen molar-refractivity contribution in [3.05, 3.63) is 64.3 Å². The van der Waals surface area contributed by atoms with E-state index in [0.717, 1.165) is 15.4 Å². The van der Waals surface area contributed by atoms with Crippen LogP contribution in [0, 0.1) is 11.8 Å². The molecule has 0 unspecified atom stereocenters. The predicted octanol–water partition coefficient (Wildman–Crippen LogP) is 4.98. The maximum absolute atomic E-state index is 12.5. The van der Waals surface area contributed by atoms with Gasteiger partial charge in [0.05, 0.1) is 5.52 Å². The first kappa shape index (κ1) is 17.2. The Bertz CT molecular complexity index is 989. The predicted molar refractivity (Wildman–Crippen MR) is 101 cm³/mol. The zero-order valence-corrected chi connectivity index (χ0v) is 15.8. The van der Waals surface area contributed by atoms with Crippen molar-refractivity contribution in [1.82, 2.24) is 9.78 Å². The van der Waals surface area contributed by atoms with Gasteiger partial charge in [-0.15, -0.1) is 0 Å². The Balaban J connectivity index is 2.09. The fraction of sp³-hybridized carbons (Fsp3) is 0.200. The van der Waals surface area contributed by atoms with Crippen molar-refractivity contribution in [2.75, 3.05) is 0 Å². The molecule has 0 N–H and O–H groups in total. The minimum atomic E-state index is -0.597. The molecule has 126 valence electrons. The molecule has 1 heterocycles. The molecule has 0 saturated carbocycles. The highest BCUT2D eigenvalue weighted by atomic mass is 79.9. The summed E-state index contributed by atoms with van der Waals surface area (Å²) >= 11 is 3.46. The monoisotopic (exact) mass is 396 g/mol. The summed E-state index contributed by atoms with van der Waals surface area (Å²) in [6, 6.07) is 15.2. The van der Waals surface area contributed by atoms with Gasteiger partial charge < -0.3 is 4.74 Å². The van der Waals surface area contributed by atoms with E-state index < -0.39 is 11.7 Å². The lowest BCUT2D eigenvalue weighted by Crippen LogP contribution is -2.27. The number of carbonyl (C=O) groups is 1. The van der Waals surface area contributed by atoms with Crippen LogP contribution in [0.25, 0.3) is 10.9 Å². The van der Waals surface area contributed by atoms with E-state index >= 15 is 0 Å². The van der Waals surface area contributed by atoms with Crippen molar-refractivity contribution in [1.29, 1.82) is 0 Å². The summed E-state index contributed by atoms with van der Waals surface area (Å²) in [5.41, 5.74) is 1.49. The largest absolute Gasteiger partial charge is 0.442 e. The van der Waals surface area contributed by atoms with Gasteiger partial charge in [-0.2, -0.15) is 9.78 Å². The number of nitrogens with zero attached hydrogens (tertiary/aromatic N) is 2. The van der Waals surface area contributed by atoms with Crippen LogP contribution in [-0.2, 0) is 4.74 Å². The average molecular weight is 397 g/mol. The first-order valence-electron chi connectivity index (χ1n) is 7.82. The number of hydrogen-bond donors (Lipinski definition) is 0. The third kappa shape index (κ3) is 4.09. The molecule has 3 aromatic rings. The Morgan fingerprint density at radius 3 is 2.52 bits per heavy atom. The van der Waals surface area contributed by atoms with Crippen LogP contribution in [0.2, 0.25) is 0 Å². The van der Waals surface area contributed by atoms with E-state index in [2.05, 4.69) is 32.9 Å². The molecule has 0 aliphatic heterocycles. The van der Waals surface area contributed by atoms with E-state index in [1.807, 2.05) is 69.3 Å². The molecule has 0 bridgehead atoms. The molecule has 0 amide bonds. The summed E-state index contributed by atoms with van der Waals surface area (Å²) in [5, 5.41) is 5.17. The molecule has 4 nitrogen and oxygen atoms in total. The van der Waals surface area contributed by atoms with Crippen molar-refractivity contribution in [3.63, 3.8) is 0 Å². The van der Waals surface area contributed by atoms with E-state index in [1.165, 1.54) is 4.68 Å². The van der Waals surface area contributed by atoms with E-state index in [-0.39, 0.29) is 0 Å². The third-order valence-electron chi connectivity index (χ3n) is 3.31. The molecule has 0 radical (unpaired) electrons. The normalized spacial score (nSPS) is 11.0. The van der Waals surface area contributed by atoms with Crippen LogP contribution in [0.1, 0.15) is 32.0 Å². The maximum atomic E-state index is 12.5. The van der Waals surface area contributed by atoms with Gasteiger partial charge in [0.15, 0.2) is 0 Å². The van der Waals surface area contributed by atoms with Crippen LogP contribution in [0.5, 0.6) is 0 Å². The summed E-state index contributed by atoms with van der Waals surface area (Å²) in [6.45, 7) is 5.47. The third-order valence-corrected chi connectivity index (χ3v) is 3.80. The standard InChI is InChI=1S/C20H17BrN2O2/c1-20(2,3)25-19(24)23-18-12-10-15(21)13-16(18)17(22-23)11-9-14-7-5-4-6-8-14/h4-8,10,12-13H,1-3H3. The Labute approximate surface area is 154 Å². The van der Waals surface area contributed by atoms with Gasteiger partial charge in [-0.05, 0) is 57.0 Å². The molecule has 0 aliphatic carbocycles. The Hall–Kier alpha value is -2.58. The topological polar surface area (TPSA) is 44.1 Å². The number of aromatic nitrogens is 2. The number of benzene rings is 2. The van der Waals surface area contributed by atoms with Crippen molar-refractivity contribution in [2.24, 2.45) is 0 Å². The SMILES string of the molecule is CC(C)(C)OC(=O)n1nc(C#Cc2ccccc2)c2cc(Br)ccc21. The van der Waals surface area contributed by atoms with Gasteiger partial charge in [0.2, 0.25) is 0 Å². The van der Waals surface area contributed by atoms with Crippen LogP contribution in [0.4, 0.5) is 4.79 Å². The summed E-state index contributed by atoms with van der Waals surface area (Å²) in [5.74, 6) is 6.14. The molecule has 3 rings (SSSR count). The summed E-state index contributed by atoms with van der Waals surface area (Å²) in [4.78, 5) is 12.5. The molecule has 0 spiro atoms. The number of rotatable bonds is 0. The quantitative estimate of drug-likeness (QED) is 0.503. The summed E-state index contributed by atoms with van der Waals surface area (Å²) < 4.78 is 7.60. The highest BCUT2D eigenvalue weighted by Crippen LogP contribution is 2.24. The maximum Gasteiger partial charge on any atom is 0.435 e. The minimum Gasteiger partial charge on any atom is -0.442 e. The van der Waals surface area contributed by atoms with Gasteiger partial charge in [0.25, 0.3) is 0 Å². The highest BCUT2D eigenvalue weighted by molar-refractivity contribution is 9.10. The first-order valence-corrected chi connectivity index (χ1v) is 8.61. The number of ether oxygens (including phenoxy) is 1. The zero-order valence-electron chi connectivity index (χ0n) is 14.2. The lowest BCUT2D eigenvalue weighted by Gasteiger charge is -2.19. The lowest BCUT2D eigenvalue weighted by atomic mass is 10.2. The molecule has 0 saturated heterocycles. The molecule has 1 aromatic heterocycles. The molecule has 25 heavy (non-hydrogen) atoms. The van der Waals surface area contributed by atoms with Crippen LogP contribution in [0.15, 0.2) is 53.0 Å². The molecule has 0 fully saturated rings. The van der Waals surface area contributed by atoms with Gasteiger partial charge in [-0.1, -0.05) is 40.0 Å². The minimum absolute atomic E-state index is 0.521. The fourth-order valence-corrected chi connectivity index (χ4v) is 2.64. The Kier molecular flexibility index (Phi) is 4.65.